The minimum atomic E-state index is 0.186. The zero-order chi connectivity index (χ0) is 10.6. The average molecular weight is 278 g/mol. The molecular weight excluding hydrogens is 273 g/mol. The summed E-state index contributed by atoms with van der Waals surface area (Å²) in [5.41, 5.74) is 0. The van der Waals surface area contributed by atoms with Crippen LogP contribution in [0.3, 0.4) is 0 Å². The molecule has 0 radical (unpaired) electrons. The lowest BCUT2D eigenvalue weighted by Gasteiger charge is -2.02. The van der Waals surface area contributed by atoms with Gasteiger partial charge in [-0.1, -0.05) is 58.0 Å². The van der Waals surface area contributed by atoms with Crippen molar-refractivity contribution in [3.05, 3.63) is 44.3 Å². The largest absolute Gasteiger partial charge is 0.106 e. The SMILES string of the molecule is C=C.Clc1cc(Cl)c(Cl)c(Cl)c1Cl. The third kappa shape index (κ3) is 3.23. The minimum absolute atomic E-state index is 0.186. The van der Waals surface area contributed by atoms with Crippen LogP contribution in [0.1, 0.15) is 0 Å². The van der Waals surface area contributed by atoms with Crippen LogP contribution in [0.4, 0.5) is 0 Å². The quantitative estimate of drug-likeness (QED) is 0.322. The monoisotopic (exact) mass is 276 g/mol. The minimum Gasteiger partial charge on any atom is -0.106 e. The molecule has 0 fully saturated rings. The summed E-state index contributed by atoms with van der Waals surface area (Å²) >= 11 is 28.2. The molecular formula is C8H5Cl5. The summed E-state index contributed by atoms with van der Waals surface area (Å²) in [7, 11) is 0. The van der Waals surface area contributed by atoms with E-state index in [2.05, 4.69) is 13.2 Å². The van der Waals surface area contributed by atoms with E-state index in [4.69, 9.17) is 58.0 Å². The van der Waals surface area contributed by atoms with Crippen molar-refractivity contribution >= 4 is 58.0 Å². The Bertz CT molecular complexity index is 282. The molecule has 0 bridgehead atoms. The molecule has 0 N–H and O–H groups in total. The van der Waals surface area contributed by atoms with Crippen molar-refractivity contribution in [2.24, 2.45) is 0 Å². The smallest absolute Gasteiger partial charge is 0.0808 e. The molecule has 13 heavy (non-hydrogen) atoms. The molecule has 0 spiro atoms. The molecule has 0 amide bonds. The Morgan fingerprint density at radius 3 is 1.31 bits per heavy atom. The predicted octanol–water partition coefficient (Wildman–Crippen LogP) is 5.76. The van der Waals surface area contributed by atoms with Gasteiger partial charge in [-0.05, 0) is 6.07 Å². The molecule has 5 heteroatoms. The van der Waals surface area contributed by atoms with Crippen molar-refractivity contribution in [2.75, 3.05) is 0 Å². The van der Waals surface area contributed by atoms with Gasteiger partial charge in [0.1, 0.15) is 0 Å². The first-order valence-corrected chi connectivity index (χ1v) is 4.91. The van der Waals surface area contributed by atoms with Crippen LogP contribution in [0.5, 0.6) is 0 Å². The van der Waals surface area contributed by atoms with Crippen molar-refractivity contribution < 1.29 is 0 Å². The van der Waals surface area contributed by atoms with E-state index in [1.807, 2.05) is 0 Å². The Hall–Kier alpha value is 0.410. The molecule has 0 aliphatic heterocycles. The normalized spacial score (nSPS) is 9.00. The summed E-state index contributed by atoms with van der Waals surface area (Å²) in [4.78, 5) is 0. The van der Waals surface area contributed by atoms with Gasteiger partial charge in [0.05, 0.1) is 25.1 Å². The van der Waals surface area contributed by atoms with Gasteiger partial charge in [0.25, 0.3) is 0 Å². The number of halogens is 5. The van der Waals surface area contributed by atoms with Crippen LogP contribution in [0, 0.1) is 0 Å². The van der Waals surface area contributed by atoms with Gasteiger partial charge < -0.3 is 0 Å². The Balaban J connectivity index is 0.000000671. The Morgan fingerprint density at radius 2 is 1.00 bits per heavy atom. The maximum absolute atomic E-state index is 5.66. The number of hydrogen-bond acceptors (Lipinski definition) is 0. The van der Waals surface area contributed by atoms with Crippen LogP contribution < -0.4 is 0 Å². The standard InChI is InChI=1S/C6HCl5.C2H4/c7-2-1-3(8)5(10)6(11)4(2)9;1-2/h1H;1-2H2. The maximum Gasteiger partial charge on any atom is 0.0808 e. The van der Waals surface area contributed by atoms with E-state index in [0.717, 1.165) is 0 Å². The molecule has 0 saturated heterocycles. The van der Waals surface area contributed by atoms with Crippen molar-refractivity contribution in [1.29, 1.82) is 0 Å². The lowest BCUT2D eigenvalue weighted by Crippen LogP contribution is -1.75. The van der Waals surface area contributed by atoms with Crippen molar-refractivity contribution in [3.8, 4) is 0 Å². The summed E-state index contributed by atoms with van der Waals surface area (Å²) < 4.78 is 0. The van der Waals surface area contributed by atoms with E-state index in [1.165, 1.54) is 6.07 Å². The highest BCUT2D eigenvalue weighted by Gasteiger charge is 2.10. The zero-order valence-corrected chi connectivity index (χ0v) is 10.2. The molecule has 0 atom stereocenters. The second-order valence-electron chi connectivity index (χ2n) is 1.78. The van der Waals surface area contributed by atoms with Gasteiger partial charge in [0.15, 0.2) is 0 Å². The number of hydrogen-bond donors (Lipinski definition) is 0. The molecule has 72 valence electrons. The zero-order valence-electron chi connectivity index (χ0n) is 6.38. The second-order valence-corrected chi connectivity index (χ2v) is 3.73. The fourth-order valence-electron chi connectivity index (χ4n) is 0.544. The predicted molar refractivity (Wildman–Crippen MR) is 62.7 cm³/mol. The third-order valence-electron chi connectivity index (χ3n) is 1.06. The first kappa shape index (κ1) is 13.4. The summed E-state index contributed by atoms with van der Waals surface area (Å²) in [6.07, 6.45) is 0. The van der Waals surface area contributed by atoms with Gasteiger partial charge in [0.2, 0.25) is 0 Å². The fourth-order valence-corrected chi connectivity index (χ4v) is 1.65. The summed E-state index contributed by atoms with van der Waals surface area (Å²) in [6.45, 7) is 6.00. The van der Waals surface area contributed by atoms with E-state index >= 15 is 0 Å². The van der Waals surface area contributed by atoms with Crippen LogP contribution in [0.25, 0.3) is 0 Å². The molecule has 0 aliphatic rings. The van der Waals surface area contributed by atoms with Crippen LogP contribution in [-0.4, -0.2) is 0 Å². The van der Waals surface area contributed by atoms with Gasteiger partial charge in [-0.25, -0.2) is 0 Å². The number of rotatable bonds is 0. The van der Waals surface area contributed by atoms with E-state index < -0.39 is 0 Å². The fraction of sp³-hybridized carbons (Fsp3) is 0. The molecule has 1 rings (SSSR count). The van der Waals surface area contributed by atoms with E-state index in [0.29, 0.717) is 10.0 Å². The lowest BCUT2D eigenvalue weighted by molar-refractivity contribution is 1.70. The topological polar surface area (TPSA) is 0 Å². The summed E-state index contributed by atoms with van der Waals surface area (Å²) in [5, 5.41) is 1.23. The molecule has 0 aliphatic carbocycles. The van der Waals surface area contributed by atoms with Crippen LogP contribution >= 0.6 is 58.0 Å². The highest BCUT2D eigenvalue weighted by molar-refractivity contribution is 6.54. The third-order valence-corrected chi connectivity index (χ3v) is 3.20. The van der Waals surface area contributed by atoms with Crippen LogP contribution in [0.2, 0.25) is 25.1 Å². The highest BCUT2D eigenvalue weighted by atomic mass is 35.5. The van der Waals surface area contributed by atoms with Crippen LogP contribution in [-0.2, 0) is 0 Å². The molecule has 0 aromatic heterocycles. The first-order valence-electron chi connectivity index (χ1n) is 3.02. The van der Waals surface area contributed by atoms with Gasteiger partial charge in [-0.15, -0.1) is 13.2 Å². The van der Waals surface area contributed by atoms with Crippen molar-refractivity contribution in [3.63, 3.8) is 0 Å². The lowest BCUT2D eigenvalue weighted by atomic mass is 10.3. The summed E-state index contributed by atoms with van der Waals surface area (Å²) in [6, 6.07) is 1.44. The Morgan fingerprint density at radius 1 is 0.692 bits per heavy atom. The average Bonchev–Trinajstić information content (AvgIpc) is 2.15. The second kappa shape index (κ2) is 6.00. The Labute approximate surface area is 102 Å². The van der Waals surface area contributed by atoms with Gasteiger partial charge >= 0.3 is 0 Å². The number of benzene rings is 1. The van der Waals surface area contributed by atoms with Crippen molar-refractivity contribution in [1.82, 2.24) is 0 Å². The van der Waals surface area contributed by atoms with E-state index in [9.17, 15) is 0 Å². The molecule has 0 heterocycles. The molecule has 0 nitrogen and oxygen atoms in total. The maximum atomic E-state index is 5.66. The molecule has 0 saturated carbocycles. The van der Waals surface area contributed by atoms with Gasteiger partial charge in [-0.3, -0.25) is 0 Å². The van der Waals surface area contributed by atoms with Gasteiger partial charge in [0, 0.05) is 0 Å². The molecule has 0 unspecified atom stereocenters. The molecule has 1 aromatic carbocycles. The van der Waals surface area contributed by atoms with Gasteiger partial charge in [-0.2, -0.15) is 0 Å². The van der Waals surface area contributed by atoms with Crippen molar-refractivity contribution in [2.45, 2.75) is 0 Å². The summed E-state index contributed by atoms with van der Waals surface area (Å²) in [5.74, 6) is 0. The first-order chi connectivity index (χ1) is 6.04. The Kier molecular flexibility index (Phi) is 6.19. The van der Waals surface area contributed by atoms with E-state index in [-0.39, 0.29) is 15.1 Å². The van der Waals surface area contributed by atoms with Crippen LogP contribution in [0.15, 0.2) is 19.2 Å². The van der Waals surface area contributed by atoms with E-state index in [1.54, 1.807) is 0 Å². The molecule has 1 aromatic rings. The highest BCUT2D eigenvalue weighted by Crippen LogP contribution is 2.40.